The van der Waals surface area contributed by atoms with Crippen molar-refractivity contribution >= 4 is 56.4 Å². The second-order valence-corrected chi connectivity index (χ2v) is 8.67. The van der Waals surface area contributed by atoms with Gasteiger partial charge in [0.05, 0.1) is 5.69 Å². The van der Waals surface area contributed by atoms with Crippen LogP contribution >= 0.6 is 0 Å². The van der Waals surface area contributed by atoms with Crippen LogP contribution in [0, 0.1) is 12.7 Å². The fourth-order valence-corrected chi connectivity index (χ4v) is 3.82. The summed E-state index contributed by atoms with van der Waals surface area (Å²) < 4.78 is 53.6. The Kier molecular flexibility index (Phi) is 8.05. The van der Waals surface area contributed by atoms with Crippen LogP contribution in [0.3, 0.4) is 0 Å². The van der Waals surface area contributed by atoms with Crippen LogP contribution in [-0.4, -0.2) is 55.0 Å². The summed E-state index contributed by atoms with van der Waals surface area (Å²) in [5, 5.41) is 0.651. The van der Waals surface area contributed by atoms with Crippen molar-refractivity contribution in [2.45, 2.75) is 13.3 Å². The molecule has 34 heavy (non-hydrogen) atoms. The molecule has 0 aliphatic heterocycles. The Morgan fingerprint density at radius 2 is 1.85 bits per heavy atom. The van der Waals surface area contributed by atoms with E-state index in [-0.39, 0.29) is 58.8 Å². The SMILES string of the molecule is CNS(=O)(=O)Nc1cccc(Cc2c(C)c3ccc(Oc4ncccn4)cc3oc2=O)c1F.[NaH]. The van der Waals surface area contributed by atoms with E-state index in [0.717, 1.165) is 0 Å². The number of ether oxygens (including phenoxy) is 1. The normalized spacial score (nSPS) is 11.1. The van der Waals surface area contributed by atoms with Crippen LogP contribution in [0.15, 0.2) is 64.1 Å². The van der Waals surface area contributed by atoms with Gasteiger partial charge in [0.1, 0.15) is 11.3 Å². The van der Waals surface area contributed by atoms with Gasteiger partial charge < -0.3 is 9.15 Å². The van der Waals surface area contributed by atoms with Crippen molar-refractivity contribution < 1.29 is 22.0 Å². The number of hydrogen-bond donors (Lipinski definition) is 2. The van der Waals surface area contributed by atoms with Gasteiger partial charge in [-0.1, -0.05) is 12.1 Å². The Morgan fingerprint density at radius 3 is 2.56 bits per heavy atom. The van der Waals surface area contributed by atoms with E-state index in [4.69, 9.17) is 9.15 Å². The van der Waals surface area contributed by atoms with Crippen molar-refractivity contribution in [2.24, 2.45) is 0 Å². The van der Waals surface area contributed by atoms with Gasteiger partial charge in [-0.25, -0.2) is 23.9 Å². The van der Waals surface area contributed by atoms with Crippen molar-refractivity contribution in [3.8, 4) is 11.8 Å². The van der Waals surface area contributed by atoms with E-state index in [2.05, 4.69) is 19.4 Å². The van der Waals surface area contributed by atoms with Gasteiger partial charge in [-0.15, -0.1) is 0 Å². The number of nitrogens with one attached hydrogen (secondary N) is 2. The molecule has 0 saturated heterocycles. The first-order chi connectivity index (χ1) is 15.8. The van der Waals surface area contributed by atoms with E-state index in [9.17, 15) is 17.6 Å². The van der Waals surface area contributed by atoms with Crippen LogP contribution in [0.5, 0.6) is 11.8 Å². The molecule has 0 saturated carbocycles. The first kappa shape index (κ1) is 25.8. The molecule has 172 valence electrons. The van der Waals surface area contributed by atoms with E-state index < -0.39 is 21.7 Å². The number of aryl methyl sites for hydroxylation is 1. The zero-order valence-electron chi connectivity index (χ0n) is 17.6. The topological polar surface area (TPSA) is 123 Å². The number of fused-ring (bicyclic) bond motifs is 1. The molecule has 2 heterocycles. The summed E-state index contributed by atoms with van der Waals surface area (Å²) in [4.78, 5) is 20.7. The molecule has 0 unspecified atom stereocenters. The van der Waals surface area contributed by atoms with E-state index in [1.165, 1.54) is 37.6 Å². The Morgan fingerprint density at radius 1 is 1.12 bits per heavy atom. The summed E-state index contributed by atoms with van der Waals surface area (Å²) in [6, 6.07) is 11.0. The van der Waals surface area contributed by atoms with Crippen molar-refractivity contribution in [1.82, 2.24) is 14.7 Å². The molecule has 0 aliphatic rings. The predicted octanol–water partition coefficient (Wildman–Crippen LogP) is 2.64. The first-order valence-corrected chi connectivity index (χ1v) is 11.3. The van der Waals surface area contributed by atoms with Gasteiger partial charge in [0.15, 0.2) is 5.82 Å². The second-order valence-electron chi connectivity index (χ2n) is 7.05. The van der Waals surface area contributed by atoms with Crippen molar-refractivity contribution in [3.63, 3.8) is 0 Å². The molecule has 4 rings (SSSR count). The summed E-state index contributed by atoms with van der Waals surface area (Å²) in [5.41, 5.74) is 0.454. The second kappa shape index (κ2) is 10.6. The quantitative estimate of drug-likeness (QED) is 0.299. The van der Waals surface area contributed by atoms with Gasteiger partial charge in [0.2, 0.25) is 0 Å². The number of aromatic nitrogens is 2. The summed E-state index contributed by atoms with van der Waals surface area (Å²) >= 11 is 0. The van der Waals surface area contributed by atoms with E-state index in [0.29, 0.717) is 22.3 Å². The third-order valence-electron chi connectivity index (χ3n) is 4.97. The Hall–Kier alpha value is -2.83. The summed E-state index contributed by atoms with van der Waals surface area (Å²) in [6.45, 7) is 1.74. The van der Waals surface area contributed by atoms with Crippen molar-refractivity contribution in [3.05, 3.63) is 87.8 Å². The number of anilines is 1. The average molecular weight is 494 g/mol. The standard InChI is InChI=1S/C22H19FN4O5S.Na.H/c1-13-16-8-7-15(31-22-25-9-4-10-26-22)12-19(16)32-21(28)17(13)11-14-5-3-6-18(20(14)23)27-33(29,30)24-2;;/h3-10,12,24,27H,11H2,1-2H3;;. The molecule has 2 aromatic carbocycles. The van der Waals surface area contributed by atoms with Gasteiger partial charge in [-0.2, -0.15) is 8.42 Å². The molecule has 4 aromatic rings. The van der Waals surface area contributed by atoms with Crippen LogP contribution in [0.25, 0.3) is 11.0 Å². The minimum atomic E-state index is -3.90. The molecule has 0 bridgehead atoms. The van der Waals surface area contributed by atoms with Gasteiger partial charge in [0.25, 0.3) is 10.2 Å². The van der Waals surface area contributed by atoms with Gasteiger partial charge in [-0.05, 0) is 42.3 Å². The fourth-order valence-electron chi connectivity index (χ4n) is 3.27. The molecular weight excluding hydrogens is 474 g/mol. The van der Waals surface area contributed by atoms with E-state index in [1.54, 1.807) is 31.2 Å². The Balaban J connectivity index is 0.00000324. The molecule has 0 amide bonds. The molecule has 12 heteroatoms. The Labute approximate surface area is 216 Å². The van der Waals surface area contributed by atoms with Gasteiger partial charge in [0, 0.05) is 42.9 Å². The number of hydrogen-bond acceptors (Lipinski definition) is 7. The number of nitrogens with zero attached hydrogens (tertiary/aromatic N) is 2. The third-order valence-corrected chi connectivity index (χ3v) is 6.00. The van der Waals surface area contributed by atoms with Gasteiger partial charge >= 0.3 is 41.2 Å². The molecular formula is C22H20FN4NaO5S. The summed E-state index contributed by atoms with van der Waals surface area (Å²) in [6.07, 6.45) is 3.00. The van der Waals surface area contributed by atoms with Crippen molar-refractivity contribution in [2.75, 3.05) is 11.8 Å². The monoisotopic (exact) mass is 494 g/mol. The summed E-state index contributed by atoms with van der Waals surface area (Å²) in [5.74, 6) is -0.388. The average Bonchev–Trinajstić information content (AvgIpc) is 2.79. The zero-order valence-corrected chi connectivity index (χ0v) is 18.4. The number of benzene rings is 2. The molecule has 0 radical (unpaired) electrons. The molecule has 2 aromatic heterocycles. The third kappa shape index (κ3) is 5.62. The number of halogens is 1. The Bertz CT molecular complexity index is 1500. The first-order valence-electron chi connectivity index (χ1n) is 9.77. The maximum absolute atomic E-state index is 14.9. The molecule has 0 fully saturated rings. The van der Waals surface area contributed by atoms with Crippen molar-refractivity contribution in [1.29, 1.82) is 0 Å². The van der Waals surface area contributed by atoms with Crippen LogP contribution < -0.4 is 19.8 Å². The van der Waals surface area contributed by atoms with E-state index >= 15 is 0 Å². The minimum absolute atomic E-state index is 0. The van der Waals surface area contributed by atoms with Crippen LogP contribution in [0.2, 0.25) is 0 Å². The molecule has 9 nitrogen and oxygen atoms in total. The maximum atomic E-state index is 14.9. The predicted molar refractivity (Wildman–Crippen MR) is 127 cm³/mol. The van der Waals surface area contributed by atoms with Gasteiger partial charge in [-0.3, -0.25) is 4.72 Å². The molecule has 2 N–H and O–H groups in total. The molecule has 0 aliphatic carbocycles. The summed E-state index contributed by atoms with van der Waals surface area (Å²) in [7, 11) is -2.69. The van der Waals surface area contributed by atoms with Crippen LogP contribution in [0.4, 0.5) is 10.1 Å². The van der Waals surface area contributed by atoms with E-state index in [1.807, 2.05) is 0 Å². The fraction of sp³-hybridized carbons (Fsp3) is 0.136. The molecule has 0 spiro atoms. The van der Waals surface area contributed by atoms with Crippen LogP contribution in [-0.2, 0) is 16.6 Å². The zero-order chi connectivity index (χ0) is 23.6. The molecule has 0 atom stereocenters. The van der Waals surface area contributed by atoms with Crippen LogP contribution in [0.1, 0.15) is 16.7 Å². The number of rotatable bonds is 7.